The van der Waals surface area contributed by atoms with E-state index in [-0.39, 0.29) is 0 Å². The van der Waals surface area contributed by atoms with Gasteiger partial charge in [-0.3, -0.25) is 9.89 Å². The Morgan fingerprint density at radius 1 is 1.30 bits per heavy atom. The Morgan fingerprint density at radius 2 is 2.07 bits per heavy atom. The molecule has 1 aliphatic heterocycles. The number of rotatable bonds is 6. The molecule has 0 unspecified atom stereocenters. The van der Waals surface area contributed by atoms with Crippen LogP contribution in [0.15, 0.2) is 34.6 Å². The van der Waals surface area contributed by atoms with Crippen LogP contribution in [0.5, 0.6) is 0 Å². The second-order valence-corrected chi connectivity index (χ2v) is 8.50. The van der Waals surface area contributed by atoms with Gasteiger partial charge in [-0.15, -0.1) is 11.3 Å². The van der Waals surface area contributed by atoms with E-state index in [0.717, 1.165) is 49.2 Å². The van der Waals surface area contributed by atoms with E-state index in [4.69, 9.17) is 0 Å². The number of aromatic nitrogens is 1. The van der Waals surface area contributed by atoms with Crippen molar-refractivity contribution in [3.05, 3.63) is 51.5 Å². The van der Waals surface area contributed by atoms with Crippen LogP contribution < -0.4 is 10.6 Å². The molecule has 1 aromatic heterocycles. The topological polar surface area (TPSA) is 52.6 Å². The molecule has 0 spiro atoms. The van der Waals surface area contributed by atoms with Gasteiger partial charge in [0.2, 0.25) is 0 Å². The highest BCUT2D eigenvalue weighted by molar-refractivity contribution is 7.09. The minimum Gasteiger partial charge on any atom is -0.356 e. The molecule has 5 nitrogen and oxygen atoms in total. The molecule has 1 fully saturated rings. The number of alkyl halides is 3. The second-order valence-electron chi connectivity index (χ2n) is 7.56. The summed E-state index contributed by atoms with van der Waals surface area (Å²) in [4.78, 5) is 10.4. The highest BCUT2D eigenvalue weighted by Crippen LogP contribution is 2.30. The summed E-state index contributed by atoms with van der Waals surface area (Å²) in [5.74, 6) is 0.680. The molecule has 164 valence electrons. The van der Waals surface area contributed by atoms with Gasteiger partial charge in [0.25, 0.3) is 0 Å². The number of hydrogen-bond donors (Lipinski definition) is 2. The lowest BCUT2D eigenvalue weighted by molar-refractivity contribution is -0.140. The first kappa shape index (κ1) is 22.6. The Morgan fingerprint density at radius 3 is 2.70 bits per heavy atom. The number of nitrogens with zero attached hydrogens (tertiary/aromatic N) is 3. The number of halogens is 3. The zero-order valence-electron chi connectivity index (χ0n) is 17.3. The van der Waals surface area contributed by atoms with Crippen LogP contribution in [0.2, 0.25) is 0 Å². The van der Waals surface area contributed by atoms with Crippen molar-refractivity contribution in [3.8, 4) is 0 Å². The average Bonchev–Trinajstić information content (AvgIpc) is 3.18. The first-order valence-corrected chi connectivity index (χ1v) is 11.0. The summed E-state index contributed by atoms with van der Waals surface area (Å²) in [6.07, 6.45) is -1.91. The molecule has 1 aromatic carbocycles. The molecule has 0 amide bonds. The molecule has 3 rings (SSSR count). The summed E-state index contributed by atoms with van der Waals surface area (Å²) >= 11 is 1.04. The molecule has 0 saturated carbocycles. The molecular weight excluding hydrogens is 411 g/mol. The van der Waals surface area contributed by atoms with Crippen LogP contribution in [0.25, 0.3) is 0 Å². The van der Waals surface area contributed by atoms with Gasteiger partial charge in [-0.05, 0) is 25.3 Å². The Labute approximate surface area is 179 Å². The zero-order chi connectivity index (χ0) is 21.6. The first-order chi connectivity index (χ1) is 14.3. The van der Waals surface area contributed by atoms with E-state index in [1.807, 2.05) is 0 Å². The fourth-order valence-corrected chi connectivity index (χ4v) is 4.34. The van der Waals surface area contributed by atoms with Gasteiger partial charge in [0, 0.05) is 51.1 Å². The summed E-state index contributed by atoms with van der Waals surface area (Å²) in [6, 6.07) is 8.95. The van der Waals surface area contributed by atoms with Crippen molar-refractivity contribution < 1.29 is 13.2 Å². The van der Waals surface area contributed by atoms with Crippen molar-refractivity contribution in [3.63, 3.8) is 0 Å². The van der Waals surface area contributed by atoms with E-state index >= 15 is 0 Å². The minimum absolute atomic E-state index is 0.335. The SMILES string of the molecule is CN=C(NCCc1nc(C(F)(F)F)cs1)NC1CCN(Cc2cccc(C)c2)CC1. The van der Waals surface area contributed by atoms with E-state index in [9.17, 15) is 13.2 Å². The molecule has 30 heavy (non-hydrogen) atoms. The number of nitrogens with one attached hydrogen (secondary N) is 2. The van der Waals surface area contributed by atoms with E-state index in [0.29, 0.717) is 30.0 Å². The van der Waals surface area contributed by atoms with Crippen molar-refractivity contribution in [2.24, 2.45) is 4.99 Å². The fourth-order valence-electron chi connectivity index (χ4n) is 3.54. The summed E-state index contributed by atoms with van der Waals surface area (Å²) in [6.45, 7) is 5.59. The normalized spacial score (nSPS) is 16.6. The van der Waals surface area contributed by atoms with Gasteiger partial charge in [-0.2, -0.15) is 13.2 Å². The van der Waals surface area contributed by atoms with E-state index < -0.39 is 11.9 Å². The third-order valence-corrected chi connectivity index (χ3v) is 6.02. The highest BCUT2D eigenvalue weighted by atomic mass is 32.1. The maximum absolute atomic E-state index is 12.6. The monoisotopic (exact) mass is 439 g/mol. The van der Waals surface area contributed by atoms with Gasteiger partial charge in [-0.1, -0.05) is 29.8 Å². The van der Waals surface area contributed by atoms with Crippen LogP contribution >= 0.6 is 11.3 Å². The molecular formula is C21H28F3N5S. The van der Waals surface area contributed by atoms with E-state index in [1.165, 1.54) is 11.1 Å². The number of piperidine rings is 1. The molecule has 2 heterocycles. The maximum atomic E-state index is 12.6. The third kappa shape index (κ3) is 6.70. The number of aliphatic imine (C=N–C) groups is 1. The minimum atomic E-state index is -4.38. The number of guanidine groups is 1. The second kappa shape index (κ2) is 10.3. The smallest absolute Gasteiger partial charge is 0.356 e. The first-order valence-electron chi connectivity index (χ1n) is 10.1. The molecule has 0 atom stereocenters. The lowest BCUT2D eigenvalue weighted by Gasteiger charge is -2.33. The van der Waals surface area contributed by atoms with Gasteiger partial charge in [0.15, 0.2) is 11.7 Å². The van der Waals surface area contributed by atoms with Crippen LogP contribution in [-0.4, -0.2) is 48.6 Å². The van der Waals surface area contributed by atoms with Crippen molar-refractivity contribution in [2.75, 3.05) is 26.7 Å². The third-order valence-electron chi connectivity index (χ3n) is 5.11. The van der Waals surface area contributed by atoms with Gasteiger partial charge >= 0.3 is 6.18 Å². The zero-order valence-corrected chi connectivity index (χ0v) is 18.1. The number of thiazole rings is 1. The number of likely N-dealkylation sites (tertiary alicyclic amines) is 1. The Hall–Kier alpha value is -2.13. The molecule has 2 N–H and O–H groups in total. The molecule has 0 radical (unpaired) electrons. The fraction of sp³-hybridized carbons (Fsp3) is 0.524. The number of benzene rings is 1. The van der Waals surface area contributed by atoms with Crippen LogP contribution in [0.3, 0.4) is 0 Å². The Balaban J connectivity index is 1.38. The predicted octanol–water partition coefficient (Wildman–Crippen LogP) is 3.84. The van der Waals surface area contributed by atoms with Crippen LogP contribution in [0.1, 0.15) is 34.7 Å². The molecule has 2 aromatic rings. The van der Waals surface area contributed by atoms with Crippen LogP contribution in [0.4, 0.5) is 13.2 Å². The number of hydrogen-bond acceptors (Lipinski definition) is 4. The van der Waals surface area contributed by atoms with Gasteiger partial charge in [-0.25, -0.2) is 4.98 Å². The van der Waals surface area contributed by atoms with Crippen LogP contribution in [-0.2, 0) is 19.1 Å². The lowest BCUT2D eigenvalue weighted by atomic mass is 10.0. The summed E-state index contributed by atoms with van der Waals surface area (Å²) in [5, 5.41) is 8.14. The molecule has 9 heteroatoms. The molecule has 1 saturated heterocycles. The largest absolute Gasteiger partial charge is 0.434 e. The lowest BCUT2D eigenvalue weighted by Crippen LogP contribution is -2.48. The van der Waals surface area contributed by atoms with Crippen molar-refractivity contribution in [1.82, 2.24) is 20.5 Å². The quantitative estimate of drug-likeness (QED) is 0.531. The summed E-state index contributed by atoms with van der Waals surface area (Å²) < 4.78 is 37.9. The standard InChI is InChI=1S/C21H28F3N5S/c1-15-4-3-5-16(12-15)13-29-10-7-17(8-11-29)27-20(25-2)26-9-6-19-28-18(14-30-19)21(22,23)24/h3-5,12,14,17H,6-11,13H2,1-2H3,(H2,25,26,27). The average molecular weight is 440 g/mol. The summed E-state index contributed by atoms with van der Waals surface area (Å²) in [7, 11) is 1.70. The van der Waals surface area contributed by atoms with E-state index in [2.05, 4.69) is 56.7 Å². The van der Waals surface area contributed by atoms with Crippen molar-refractivity contribution in [1.29, 1.82) is 0 Å². The van der Waals surface area contributed by atoms with Crippen LogP contribution in [0, 0.1) is 6.92 Å². The molecule has 1 aliphatic rings. The Bertz CT molecular complexity index is 841. The predicted molar refractivity (Wildman–Crippen MR) is 115 cm³/mol. The van der Waals surface area contributed by atoms with Crippen molar-refractivity contribution >= 4 is 17.3 Å². The summed E-state index contributed by atoms with van der Waals surface area (Å²) in [5.41, 5.74) is 1.81. The van der Waals surface area contributed by atoms with Crippen molar-refractivity contribution in [2.45, 2.75) is 44.9 Å². The highest BCUT2D eigenvalue weighted by Gasteiger charge is 2.33. The van der Waals surface area contributed by atoms with Gasteiger partial charge in [0.1, 0.15) is 0 Å². The number of aryl methyl sites for hydroxylation is 1. The van der Waals surface area contributed by atoms with E-state index in [1.54, 1.807) is 7.05 Å². The molecule has 0 bridgehead atoms. The molecule has 0 aliphatic carbocycles. The van der Waals surface area contributed by atoms with Gasteiger partial charge < -0.3 is 10.6 Å². The maximum Gasteiger partial charge on any atom is 0.434 e. The van der Waals surface area contributed by atoms with Gasteiger partial charge in [0.05, 0.1) is 5.01 Å². The Kier molecular flexibility index (Phi) is 7.71.